The topological polar surface area (TPSA) is 174 Å². The predicted molar refractivity (Wildman–Crippen MR) is 165 cm³/mol. The van der Waals surface area contributed by atoms with E-state index in [1.165, 1.54) is 11.1 Å². The van der Waals surface area contributed by atoms with Crippen LogP contribution in [0.1, 0.15) is 60.8 Å². The van der Waals surface area contributed by atoms with Gasteiger partial charge in [-0.25, -0.2) is 4.57 Å². The molecule has 0 radical (unpaired) electrons. The van der Waals surface area contributed by atoms with E-state index in [0.29, 0.717) is 17.7 Å². The molecule has 2 fully saturated rings. The molecule has 2 aliphatic heterocycles. The lowest BCUT2D eigenvalue weighted by Gasteiger charge is -2.56. The van der Waals surface area contributed by atoms with E-state index >= 15 is 0 Å². The van der Waals surface area contributed by atoms with E-state index in [1.54, 1.807) is 14.0 Å². The Morgan fingerprint density at radius 2 is 1.84 bits per heavy atom. The van der Waals surface area contributed by atoms with Crippen molar-refractivity contribution in [3.05, 3.63) is 70.8 Å². The average molecular weight is 644 g/mol. The molecule has 244 valence electrons. The lowest BCUT2D eigenvalue weighted by molar-refractivity contribution is -0.138. The highest BCUT2D eigenvalue weighted by molar-refractivity contribution is 7.45. The molecule has 11 nitrogen and oxygen atoms in total. The summed E-state index contributed by atoms with van der Waals surface area (Å²) >= 11 is 0. The summed E-state index contributed by atoms with van der Waals surface area (Å²) in [5.41, 5.74) is 4.53. The number of ether oxygens (including phenoxy) is 2. The number of rotatable bonds is 5. The molecule has 3 aliphatic carbocycles. The minimum atomic E-state index is -4.64. The van der Waals surface area contributed by atoms with Crippen LogP contribution >= 0.6 is 7.82 Å². The van der Waals surface area contributed by atoms with Gasteiger partial charge < -0.3 is 39.3 Å². The number of hydrogen-bond acceptors (Lipinski definition) is 7. The van der Waals surface area contributed by atoms with Gasteiger partial charge in [0.2, 0.25) is 0 Å². The van der Waals surface area contributed by atoms with Crippen LogP contribution < -0.4 is 9.47 Å². The third-order valence-electron chi connectivity index (χ3n) is 10.1. The van der Waals surface area contributed by atoms with Crippen molar-refractivity contribution in [3.63, 3.8) is 0 Å². The highest BCUT2D eigenvalue weighted by Gasteiger charge is 2.64. The number of aliphatic carboxylic acids is 1. The largest absolute Gasteiger partial charge is 0.493 e. The van der Waals surface area contributed by atoms with Crippen LogP contribution in [0.5, 0.6) is 11.5 Å². The molecule has 45 heavy (non-hydrogen) atoms. The van der Waals surface area contributed by atoms with Crippen LogP contribution in [-0.4, -0.2) is 80.5 Å². The number of Topliss-reactive ketones (excluding diaryl/α,β-unsaturated/α-hetero) is 1. The predicted octanol–water partition coefficient (Wildman–Crippen LogP) is 3.36. The average Bonchev–Trinajstić information content (AvgIpc) is 3.56. The van der Waals surface area contributed by atoms with Crippen LogP contribution in [-0.2, 0) is 32.4 Å². The Kier molecular flexibility index (Phi) is 9.61. The fraction of sp³-hybridized carbons (Fsp3) is 0.515. The Bertz CT molecular complexity index is 1500. The molecule has 7 rings (SSSR count). The quantitative estimate of drug-likeness (QED) is 0.239. The molecule has 2 aromatic carbocycles. The molecule has 2 aromatic rings. The van der Waals surface area contributed by atoms with Gasteiger partial charge in [0.25, 0.3) is 0 Å². The first-order chi connectivity index (χ1) is 21.2. The van der Waals surface area contributed by atoms with Gasteiger partial charge in [-0.3, -0.25) is 9.59 Å². The number of carbonyl (C=O) groups excluding carboxylic acids is 1. The molecule has 2 bridgehead atoms. The fourth-order valence-corrected chi connectivity index (χ4v) is 7.86. The van der Waals surface area contributed by atoms with E-state index in [2.05, 4.69) is 24.1 Å². The summed E-state index contributed by atoms with van der Waals surface area (Å²) in [6, 6.07) is 12.3. The van der Waals surface area contributed by atoms with Crippen LogP contribution in [0.15, 0.2) is 48.6 Å². The van der Waals surface area contributed by atoms with Gasteiger partial charge in [-0.1, -0.05) is 42.5 Å². The molecule has 5 N–H and O–H groups in total. The zero-order valence-corrected chi connectivity index (χ0v) is 26.6. The maximum Gasteiger partial charge on any atom is 0.466 e. The number of carboxylic acids is 1. The minimum absolute atomic E-state index is 0.0806. The summed E-state index contributed by atoms with van der Waals surface area (Å²) in [6.45, 7) is 2.73. The first kappa shape index (κ1) is 33.3. The maximum absolute atomic E-state index is 11.6. The van der Waals surface area contributed by atoms with Gasteiger partial charge in [-0.15, -0.1) is 0 Å². The Hall–Kier alpha value is -3.05. The van der Waals surface area contributed by atoms with E-state index in [0.717, 1.165) is 67.7 Å². The lowest BCUT2D eigenvalue weighted by atomic mass is 9.53. The molecule has 1 saturated heterocycles. The van der Waals surface area contributed by atoms with Crippen molar-refractivity contribution in [1.29, 1.82) is 0 Å². The van der Waals surface area contributed by atoms with E-state index < -0.39 is 25.8 Å². The zero-order valence-electron chi connectivity index (χ0n) is 25.7. The van der Waals surface area contributed by atoms with Gasteiger partial charge in [0.05, 0.1) is 13.0 Å². The van der Waals surface area contributed by atoms with Crippen LogP contribution in [0.3, 0.4) is 0 Å². The van der Waals surface area contributed by atoms with Crippen LogP contribution in [0.2, 0.25) is 0 Å². The smallest absolute Gasteiger partial charge is 0.466 e. The second kappa shape index (κ2) is 13.0. The number of methoxy groups -OCH3 is 1. The van der Waals surface area contributed by atoms with Gasteiger partial charge in [0.1, 0.15) is 18.0 Å². The van der Waals surface area contributed by atoms with Gasteiger partial charge in [0.15, 0.2) is 11.5 Å². The highest BCUT2D eigenvalue weighted by Crippen LogP contribution is 2.62. The number of benzene rings is 2. The Labute approximate surface area is 262 Å². The summed E-state index contributed by atoms with van der Waals surface area (Å²) < 4.78 is 20.7. The summed E-state index contributed by atoms with van der Waals surface area (Å²) in [5, 5.41) is 19.5. The van der Waals surface area contributed by atoms with E-state index in [9.17, 15) is 14.7 Å². The summed E-state index contributed by atoms with van der Waals surface area (Å²) in [5.74, 6) is 1.35. The first-order valence-corrected chi connectivity index (χ1v) is 16.9. The van der Waals surface area contributed by atoms with Crippen molar-refractivity contribution in [3.8, 4) is 11.5 Å². The van der Waals surface area contributed by atoms with Crippen molar-refractivity contribution in [2.75, 3.05) is 20.7 Å². The van der Waals surface area contributed by atoms with E-state index in [4.69, 9.17) is 33.8 Å². The molecule has 0 aromatic heterocycles. The number of phosphoric acid groups is 1. The number of likely N-dealkylation sites (tertiary alicyclic amines) is 1. The molecule has 2 heterocycles. The van der Waals surface area contributed by atoms with Gasteiger partial charge in [-0.05, 0) is 75.4 Å². The number of piperidine rings is 1. The zero-order chi connectivity index (χ0) is 32.7. The molecule has 5 aliphatic rings. The first-order valence-electron chi connectivity index (χ1n) is 15.3. The molecular weight excluding hydrogens is 601 g/mol. The minimum Gasteiger partial charge on any atom is -0.493 e. The van der Waals surface area contributed by atoms with Crippen molar-refractivity contribution >= 4 is 19.6 Å². The molecule has 7 atom stereocenters. The normalized spacial score (nSPS) is 29.8. The molecule has 2 unspecified atom stereocenters. The number of aliphatic hydroxyl groups is 1. The monoisotopic (exact) mass is 643 g/mol. The number of ketones is 1. The van der Waals surface area contributed by atoms with Crippen molar-refractivity contribution in [2.45, 2.75) is 75.0 Å². The van der Waals surface area contributed by atoms with E-state index in [1.807, 2.05) is 36.4 Å². The summed E-state index contributed by atoms with van der Waals surface area (Å²) in [7, 11) is -0.732. The molecular formula is C33H42NO10P. The lowest BCUT2D eigenvalue weighted by Crippen LogP contribution is -2.64. The van der Waals surface area contributed by atoms with Gasteiger partial charge in [-0.2, -0.15) is 0 Å². The van der Waals surface area contributed by atoms with Gasteiger partial charge in [0, 0.05) is 35.3 Å². The number of nitrogens with zero attached hydrogens (tertiary/aromatic N) is 1. The van der Waals surface area contributed by atoms with Gasteiger partial charge >= 0.3 is 13.8 Å². The highest BCUT2D eigenvalue weighted by atomic mass is 31.2. The maximum atomic E-state index is 11.6. The number of aliphatic hydroxyl groups excluding tert-OH is 1. The Morgan fingerprint density at radius 3 is 2.44 bits per heavy atom. The third-order valence-corrected chi connectivity index (χ3v) is 10.1. The summed E-state index contributed by atoms with van der Waals surface area (Å²) in [6.07, 6.45) is 9.05. The number of hydrogen-bond donors (Lipinski definition) is 5. The fourth-order valence-electron chi connectivity index (χ4n) is 7.86. The van der Waals surface area contributed by atoms with Crippen LogP contribution in [0.25, 0.3) is 0 Å². The third kappa shape index (κ3) is 6.61. The number of carboxylic acid groups (broad SMARTS) is 1. The summed E-state index contributed by atoms with van der Waals surface area (Å²) in [4.78, 5) is 46.5. The SMILES string of the molecule is CC(C(=O)O)c1ccc(CC2CCCC2=O)cc1.COc1ccc2c3c1O[C@H]1[C@@H](O)C=C[C@H]4[C@@H](C2)N(C)CC[C@@]341.O=P(O)(O)O. The molecule has 12 heteroatoms. The second-order valence-electron chi connectivity index (χ2n) is 12.7. The van der Waals surface area contributed by atoms with Crippen LogP contribution in [0, 0.1) is 11.8 Å². The van der Waals surface area contributed by atoms with Crippen molar-refractivity contribution in [1.82, 2.24) is 4.90 Å². The molecule has 1 saturated carbocycles. The molecule has 1 spiro atoms. The Balaban J connectivity index is 0.000000158. The Morgan fingerprint density at radius 1 is 1.16 bits per heavy atom. The van der Waals surface area contributed by atoms with Crippen molar-refractivity contribution in [2.24, 2.45) is 11.8 Å². The number of likely N-dealkylation sites (N-methyl/N-ethyl adjacent to an activating group) is 1. The standard InChI is InChI=1S/C18H21NO3.C15H18O3.H3O4P/c1-19-8-7-18-11-4-5-13(20)17(18)22-16-14(21-2)6-3-10(15(16)18)9-12(11)19;1-10(15(17)18)12-7-5-11(6-8-12)9-13-3-2-4-14(13)16;1-5(2,3)4/h3-6,11-13,17,20H,7-9H2,1-2H3;5-8,10,13H,2-4,9H2,1H3,(H,17,18);(H3,1,2,3,4)/t11-,12+,13-,17-,18-;;/m0../s1. The number of carbonyl (C=O) groups is 2. The van der Waals surface area contributed by atoms with Crippen LogP contribution in [0.4, 0.5) is 0 Å². The molecule has 0 amide bonds. The van der Waals surface area contributed by atoms with Crippen molar-refractivity contribution < 1.29 is 48.5 Å². The second-order valence-corrected chi connectivity index (χ2v) is 13.7. The van der Waals surface area contributed by atoms with E-state index in [-0.39, 0.29) is 17.4 Å².